The van der Waals surface area contributed by atoms with Crippen molar-refractivity contribution in [3.8, 4) is 5.75 Å². The van der Waals surface area contributed by atoms with Gasteiger partial charge in [0.25, 0.3) is 0 Å². The fourth-order valence-corrected chi connectivity index (χ4v) is 2.02. The number of benzene rings is 1. The van der Waals surface area contributed by atoms with Crippen molar-refractivity contribution in [1.82, 2.24) is 4.57 Å². The van der Waals surface area contributed by atoms with Gasteiger partial charge >= 0.3 is 0 Å². The van der Waals surface area contributed by atoms with Crippen LogP contribution in [0.25, 0.3) is 0 Å². The monoisotopic (exact) mass is 297 g/mol. The van der Waals surface area contributed by atoms with Crippen molar-refractivity contribution in [1.29, 1.82) is 0 Å². The van der Waals surface area contributed by atoms with Gasteiger partial charge in [0.15, 0.2) is 5.75 Å². The van der Waals surface area contributed by atoms with E-state index >= 15 is 0 Å². The summed E-state index contributed by atoms with van der Waals surface area (Å²) >= 11 is 11.5. The number of nitrogens with zero attached hydrogens (tertiary/aromatic N) is 1. The Bertz CT molecular complexity index is 620. The highest BCUT2D eigenvalue weighted by molar-refractivity contribution is 6.30. The van der Waals surface area contributed by atoms with Gasteiger partial charge in [-0.1, -0.05) is 23.7 Å². The molecule has 0 aliphatic rings. The van der Waals surface area contributed by atoms with Gasteiger partial charge in [0.2, 0.25) is 5.43 Å². The summed E-state index contributed by atoms with van der Waals surface area (Å²) in [5, 5.41) is 0.672. The summed E-state index contributed by atoms with van der Waals surface area (Å²) in [6, 6.07) is 8.79. The van der Waals surface area contributed by atoms with Crippen molar-refractivity contribution >= 4 is 23.2 Å². The molecule has 0 unspecified atom stereocenters. The molecule has 0 saturated carbocycles. The third-order valence-corrected chi connectivity index (χ3v) is 3.27. The number of pyridine rings is 1. The van der Waals surface area contributed by atoms with Gasteiger partial charge in [-0.15, -0.1) is 11.6 Å². The van der Waals surface area contributed by atoms with Crippen molar-refractivity contribution < 1.29 is 4.74 Å². The molecule has 0 aliphatic carbocycles. The Morgan fingerprint density at radius 1 is 1.26 bits per heavy atom. The van der Waals surface area contributed by atoms with E-state index in [1.54, 1.807) is 22.9 Å². The number of aryl methyl sites for hydroxylation is 1. The van der Waals surface area contributed by atoms with Gasteiger partial charge in [-0.2, -0.15) is 0 Å². The number of hydrogen-bond acceptors (Lipinski definition) is 2. The lowest BCUT2D eigenvalue weighted by Crippen LogP contribution is -2.12. The van der Waals surface area contributed by atoms with Gasteiger partial charge in [-0.3, -0.25) is 4.79 Å². The molecule has 0 spiro atoms. The Labute approximate surface area is 121 Å². The zero-order chi connectivity index (χ0) is 13.8. The SMILES string of the molecule is Cn1cc(OCc2ccc(Cl)cc2)c(=O)cc1CCl. The van der Waals surface area contributed by atoms with E-state index in [9.17, 15) is 4.79 Å². The minimum Gasteiger partial charge on any atom is -0.483 e. The van der Waals surface area contributed by atoms with E-state index < -0.39 is 0 Å². The maximum atomic E-state index is 11.8. The van der Waals surface area contributed by atoms with Crippen LogP contribution >= 0.6 is 23.2 Å². The Balaban J connectivity index is 2.13. The topological polar surface area (TPSA) is 31.2 Å². The minimum atomic E-state index is -0.164. The predicted molar refractivity (Wildman–Crippen MR) is 77.0 cm³/mol. The summed E-state index contributed by atoms with van der Waals surface area (Å²) in [5.74, 6) is 0.606. The lowest BCUT2D eigenvalue weighted by Gasteiger charge is -2.10. The van der Waals surface area contributed by atoms with Crippen molar-refractivity contribution in [2.45, 2.75) is 12.5 Å². The van der Waals surface area contributed by atoms with Crippen LogP contribution in [0.4, 0.5) is 0 Å². The van der Waals surface area contributed by atoms with Gasteiger partial charge in [0.05, 0.1) is 12.1 Å². The van der Waals surface area contributed by atoms with Crippen LogP contribution in [0.2, 0.25) is 5.02 Å². The van der Waals surface area contributed by atoms with Crippen LogP contribution in [-0.2, 0) is 19.5 Å². The maximum absolute atomic E-state index is 11.8. The third-order valence-electron chi connectivity index (χ3n) is 2.75. The van der Waals surface area contributed by atoms with Gasteiger partial charge in [-0.25, -0.2) is 0 Å². The van der Waals surface area contributed by atoms with Crippen molar-refractivity contribution in [3.05, 3.63) is 63.0 Å². The molecular formula is C14H13Cl2NO2. The number of rotatable bonds is 4. The highest BCUT2D eigenvalue weighted by Gasteiger charge is 2.05. The zero-order valence-electron chi connectivity index (χ0n) is 10.4. The molecule has 3 nitrogen and oxygen atoms in total. The second-order valence-electron chi connectivity index (χ2n) is 4.15. The first-order chi connectivity index (χ1) is 9.10. The highest BCUT2D eigenvalue weighted by atomic mass is 35.5. The minimum absolute atomic E-state index is 0.164. The van der Waals surface area contributed by atoms with Gasteiger partial charge in [0, 0.05) is 23.8 Å². The molecule has 2 rings (SSSR count). The lowest BCUT2D eigenvalue weighted by molar-refractivity contribution is 0.300. The molecule has 5 heteroatoms. The average Bonchev–Trinajstić information content (AvgIpc) is 2.41. The summed E-state index contributed by atoms with van der Waals surface area (Å²) < 4.78 is 7.31. The molecule has 1 heterocycles. The average molecular weight is 298 g/mol. The van der Waals surface area contributed by atoms with Crippen LogP contribution < -0.4 is 10.2 Å². The van der Waals surface area contributed by atoms with Crippen molar-refractivity contribution in [2.24, 2.45) is 7.05 Å². The van der Waals surface area contributed by atoms with Gasteiger partial charge in [-0.05, 0) is 17.7 Å². The number of alkyl halides is 1. The molecule has 0 saturated heterocycles. The predicted octanol–water partition coefficient (Wildman–Crippen LogP) is 3.36. The summed E-state index contributed by atoms with van der Waals surface area (Å²) in [6.45, 7) is 0.326. The molecule has 2 aromatic rings. The number of hydrogen-bond donors (Lipinski definition) is 0. The molecule has 0 aliphatic heterocycles. The summed E-state index contributed by atoms with van der Waals surface area (Å²) in [6.07, 6.45) is 1.65. The normalized spacial score (nSPS) is 10.5. The van der Waals surface area contributed by atoms with Crippen LogP contribution in [-0.4, -0.2) is 4.57 Å². The summed E-state index contributed by atoms with van der Waals surface area (Å²) in [7, 11) is 1.83. The Kier molecular flexibility index (Phi) is 4.51. The smallest absolute Gasteiger partial charge is 0.223 e. The van der Waals surface area contributed by atoms with Crippen molar-refractivity contribution in [3.63, 3.8) is 0 Å². The first-order valence-corrected chi connectivity index (χ1v) is 6.64. The molecule has 0 atom stereocenters. The van der Waals surface area contributed by atoms with E-state index in [2.05, 4.69) is 0 Å². The second-order valence-corrected chi connectivity index (χ2v) is 4.86. The molecule has 1 aromatic heterocycles. The van der Waals surface area contributed by atoms with E-state index in [4.69, 9.17) is 27.9 Å². The summed E-state index contributed by atoms with van der Waals surface area (Å²) in [5.41, 5.74) is 1.54. The fourth-order valence-electron chi connectivity index (χ4n) is 1.63. The third kappa shape index (κ3) is 3.52. The lowest BCUT2D eigenvalue weighted by atomic mass is 10.2. The van der Waals surface area contributed by atoms with Gasteiger partial charge in [0.1, 0.15) is 6.61 Å². The van der Waals surface area contributed by atoms with Crippen molar-refractivity contribution in [2.75, 3.05) is 0 Å². The van der Waals surface area contributed by atoms with Gasteiger partial charge < -0.3 is 9.30 Å². The van der Waals surface area contributed by atoms with E-state index in [0.29, 0.717) is 23.3 Å². The molecule has 0 bridgehead atoms. The van der Waals surface area contributed by atoms with E-state index in [0.717, 1.165) is 11.3 Å². The first-order valence-electron chi connectivity index (χ1n) is 5.73. The fraction of sp³-hybridized carbons (Fsp3) is 0.214. The first kappa shape index (κ1) is 14.0. The Morgan fingerprint density at radius 3 is 2.58 bits per heavy atom. The summed E-state index contributed by atoms with van der Waals surface area (Å²) in [4.78, 5) is 11.8. The number of aromatic nitrogens is 1. The van der Waals surface area contributed by atoms with Crippen LogP contribution in [0.5, 0.6) is 5.75 Å². The van der Waals surface area contributed by atoms with Crippen LogP contribution in [0.3, 0.4) is 0 Å². The Hall–Kier alpha value is -1.45. The van der Waals surface area contributed by atoms with Crippen LogP contribution in [0.1, 0.15) is 11.3 Å². The second kappa shape index (κ2) is 6.13. The van der Waals surface area contributed by atoms with E-state index in [-0.39, 0.29) is 5.43 Å². The van der Waals surface area contributed by atoms with Crippen LogP contribution in [0.15, 0.2) is 41.3 Å². The molecule has 0 fully saturated rings. The largest absolute Gasteiger partial charge is 0.483 e. The molecule has 19 heavy (non-hydrogen) atoms. The molecular weight excluding hydrogens is 285 g/mol. The zero-order valence-corrected chi connectivity index (χ0v) is 11.9. The number of halogens is 2. The number of ether oxygens (including phenoxy) is 1. The molecule has 0 radical (unpaired) electrons. The molecule has 0 amide bonds. The maximum Gasteiger partial charge on any atom is 0.223 e. The Morgan fingerprint density at radius 2 is 1.95 bits per heavy atom. The molecule has 100 valence electrons. The van der Waals surface area contributed by atoms with Crippen LogP contribution in [0, 0.1) is 0 Å². The quantitative estimate of drug-likeness (QED) is 0.811. The molecule has 0 N–H and O–H groups in total. The van der Waals surface area contributed by atoms with E-state index in [1.807, 2.05) is 19.2 Å². The van der Waals surface area contributed by atoms with E-state index in [1.165, 1.54) is 6.07 Å². The standard InChI is InChI=1S/C14H13Cl2NO2/c1-17-8-14(13(18)6-12(17)7-15)19-9-10-2-4-11(16)5-3-10/h2-6,8H,7,9H2,1H3. The highest BCUT2D eigenvalue weighted by Crippen LogP contribution is 2.12. The molecule has 1 aromatic carbocycles.